The van der Waals surface area contributed by atoms with Gasteiger partial charge in [0.1, 0.15) is 17.2 Å². The highest BCUT2D eigenvalue weighted by Gasteiger charge is 2.12. The predicted octanol–water partition coefficient (Wildman–Crippen LogP) is 2.97. The molecule has 0 aromatic carbocycles. The summed E-state index contributed by atoms with van der Waals surface area (Å²) in [5, 5.41) is 0.557. The number of pyridine rings is 1. The monoisotopic (exact) mass is 307 g/mol. The van der Waals surface area contributed by atoms with E-state index in [4.69, 9.17) is 23.2 Å². The van der Waals surface area contributed by atoms with E-state index in [1.165, 1.54) is 0 Å². The van der Waals surface area contributed by atoms with Gasteiger partial charge in [0.2, 0.25) is 0 Å². The van der Waals surface area contributed by atoms with E-state index in [-0.39, 0.29) is 0 Å². The summed E-state index contributed by atoms with van der Waals surface area (Å²) in [6.07, 6.45) is 3.34. The van der Waals surface area contributed by atoms with Crippen LogP contribution in [0.15, 0.2) is 24.5 Å². The lowest BCUT2D eigenvalue weighted by Crippen LogP contribution is -2.07. The lowest BCUT2D eigenvalue weighted by atomic mass is 10.3. The second-order valence-electron chi connectivity index (χ2n) is 4.34. The van der Waals surface area contributed by atoms with Crippen molar-refractivity contribution in [3.05, 3.63) is 46.9 Å². The maximum atomic E-state index is 5.96. The van der Waals surface area contributed by atoms with Crippen LogP contribution in [0, 0.1) is 6.92 Å². The van der Waals surface area contributed by atoms with E-state index in [0.29, 0.717) is 17.4 Å². The van der Waals surface area contributed by atoms with Gasteiger partial charge in [-0.1, -0.05) is 11.6 Å². The first-order chi connectivity index (χ1) is 9.67. The number of fused-ring (bicyclic) bond motifs is 1. The SMILES string of the molecule is Cc1nccc(Cn2c(CCl)nc3cc(Cl)cnc32)n1. The maximum absolute atomic E-state index is 5.96. The Kier molecular flexibility index (Phi) is 3.54. The van der Waals surface area contributed by atoms with Gasteiger partial charge in [-0.25, -0.2) is 19.9 Å². The molecule has 0 fully saturated rings. The molecule has 7 heteroatoms. The van der Waals surface area contributed by atoms with Gasteiger partial charge in [-0.15, -0.1) is 11.6 Å². The van der Waals surface area contributed by atoms with Crippen LogP contribution in [0.1, 0.15) is 17.3 Å². The lowest BCUT2D eigenvalue weighted by Gasteiger charge is -2.06. The average Bonchev–Trinajstić information content (AvgIpc) is 2.76. The zero-order chi connectivity index (χ0) is 14.1. The molecule has 3 heterocycles. The van der Waals surface area contributed by atoms with E-state index < -0.39 is 0 Å². The Hall–Kier alpha value is -1.72. The summed E-state index contributed by atoms with van der Waals surface area (Å²) in [7, 11) is 0. The molecular formula is C13H11Cl2N5. The molecule has 0 unspecified atom stereocenters. The molecule has 0 amide bonds. The van der Waals surface area contributed by atoms with Crippen molar-refractivity contribution in [2.24, 2.45) is 0 Å². The van der Waals surface area contributed by atoms with E-state index in [2.05, 4.69) is 19.9 Å². The molecule has 3 rings (SSSR count). The van der Waals surface area contributed by atoms with E-state index in [0.717, 1.165) is 28.5 Å². The van der Waals surface area contributed by atoms with Crippen molar-refractivity contribution in [1.82, 2.24) is 24.5 Å². The Morgan fingerprint density at radius 3 is 2.85 bits per heavy atom. The summed E-state index contributed by atoms with van der Waals surface area (Å²) in [4.78, 5) is 17.3. The molecule has 0 N–H and O–H groups in total. The molecule has 0 saturated carbocycles. The number of halogens is 2. The van der Waals surface area contributed by atoms with Crippen LogP contribution in [0.2, 0.25) is 5.02 Å². The van der Waals surface area contributed by atoms with E-state index >= 15 is 0 Å². The average molecular weight is 308 g/mol. The molecule has 3 aromatic heterocycles. The van der Waals surface area contributed by atoms with Gasteiger partial charge in [-0.3, -0.25) is 0 Å². The van der Waals surface area contributed by atoms with Crippen molar-refractivity contribution < 1.29 is 0 Å². The van der Waals surface area contributed by atoms with Crippen LogP contribution in [-0.4, -0.2) is 24.5 Å². The minimum absolute atomic E-state index is 0.304. The summed E-state index contributed by atoms with van der Waals surface area (Å²) >= 11 is 11.9. The van der Waals surface area contributed by atoms with Crippen LogP contribution in [0.5, 0.6) is 0 Å². The lowest BCUT2D eigenvalue weighted by molar-refractivity contribution is 0.742. The quantitative estimate of drug-likeness (QED) is 0.698. The molecule has 0 radical (unpaired) electrons. The molecular weight excluding hydrogens is 297 g/mol. The van der Waals surface area contributed by atoms with Gasteiger partial charge in [-0.05, 0) is 19.1 Å². The van der Waals surface area contributed by atoms with Crippen molar-refractivity contribution in [3.8, 4) is 0 Å². The first-order valence-electron chi connectivity index (χ1n) is 6.02. The van der Waals surface area contributed by atoms with Crippen LogP contribution < -0.4 is 0 Å². The number of aromatic nitrogens is 5. The predicted molar refractivity (Wildman–Crippen MR) is 78.0 cm³/mol. The summed E-state index contributed by atoms with van der Waals surface area (Å²) in [5.41, 5.74) is 2.38. The van der Waals surface area contributed by atoms with Gasteiger partial charge >= 0.3 is 0 Å². The topological polar surface area (TPSA) is 56.5 Å². The van der Waals surface area contributed by atoms with Gasteiger partial charge in [0, 0.05) is 12.4 Å². The standard InChI is InChI=1S/C13H11Cl2N5/c1-8-16-3-2-10(18-8)7-20-12(5-14)19-11-4-9(15)6-17-13(11)20/h2-4,6H,5,7H2,1H3. The number of alkyl halides is 1. The summed E-state index contributed by atoms with van der Waals surface area (Å²) < 4.78 is 1.94. The van der Waals surface area contributed by atoms with Gasteiger partial charge in [-0.2, -0.15) is 0 Å². The zero-order valence-electron chi connectivity index (χ0n) is 10.7. The molecule has 0 spiro atoms. The van der Waals surface area contributed by atoms with Crippen LogP contribution >= 0.6 is 23.2 Å². The van der Waals surface area contributed by atoms with Crippen molar-refractivity contribution in [1.29, 1.82) is 0 Å². The molecule has 0 bridgehead atoms. The van der Waals surface area contributed by atoms with Crippen LogP contribution in [0.25, 0.3) is 11.2 Å². The summed E-state index contributed by atoms with van der Waals surface area (Å²) in [6.45, 7) is 2.41. The summed E-state index contributed by atoms with van der Waals surface area (Å²) in [6, 6.07) is 3.65. The fourth-order valence-electron chi connectivity index (χ4n) is 2.06. The third kappa shape index (κ3) is 2.46. The number of hydrogen-bond donors (Lipinski definition) is 0. The normalized spacial score (nSPS) is 11.2. The molecule has 0 aliphatic carbocycles. The Bertz CT molecular complexity index is 769. The highest BCUT2D eigenvalue weighted by Crippen LogP contribution is 2.20. The minimum Gasteiger partial charge on any atom is -0.306 e. The van der Waals surface area contributed by atoms with Gasteiger partial charge in [0.25, 0.3) is 0 Å². The Balaban J connectivity index is 2.10. The van der Waals surface area contributed by atoms with Crippen molar-refractivity contribution in [3.63, 3.8) is 0 Å². The highest BCUT2D eigenvalue weighted by molar-refractivity contribution is 6.31. The molecule has 0 saturated heterocycles. The Labute approximate surface area is 125 Å². The van der Waals surface area contributed by atoms with Crippen molar-refractivity contribution >= 4 is 34.4 Å². The number of nitrogens with zero attached hydrogens (tertiary/aromatic N) is 5. The second kappa shape index (κ2) is 5.34. The number of imidazole rings is 1. The fraction of sp³-hybridized carbons (Fsp3) is 0.231. The number of hydrogen-bond acceptors (Lipinski definition) is 4. The van der Waals surface area contributed by atoms with E-state index in [1.807, 2.05) is 17.6 Å². The second-order valence-corrected chi connectivity index (χ2v) is 5.04. The summed E-state index contributed by atoms with van der Waals surface area (Å²) in [5.74, 6) is 1.78. The molecule has 102 valence electrons. The maximum Gasteiger partial charge on any atom is 0.160 e. The minimum atomic E-state index is 0.304. The van der Waals surface area contributed by atoms with Crippen molar-refractivity contribution in [2.75, 3.05) is 0 Å². The first kappa shape index (κ1) is 13.3. The molecule has 0 aliphatic rings. The third-order valence-corrected chi connectivity index (χ3v) is 3.35. The Morgan fingerprint density at radius 1 is 1.25 bits per heavy atom. The Morgan fingerprint density at radius 2 is 2.10 bits per heavy atom. The van der Waals surface area contributed by atoms with Gasteiger partial charge in [0.05, 0.1) is 23.1 Å². The van der Waals surface area contributed by atoms with E-state index in [1.54, 1.807) is 18.5 Å². The molecule has 5 nitrogen and oxygen atoms in total. The smallest absolute Gasteiger partial charge is 0.160 e. The number of rotatable bonds is 3. The first-order valence-corrected chi connectivity index (χ1v) is 6.94. The molecule has 3 aromatic rings. The van der Waals surface area contributed by atoms with E-state index in [9.17, 15) is 0 Å². The molecule has 0 atom stereocenters. The highest BCUT2D eigenvalue weighted by atomic mass is 35.5. The largest absolute Gasteiger partial charge is 0.306 e. The van der Waals surface area contributed by atoms with Gasteiger partial charge in [0.15, 0.2) is 5.65 Å². The molecule has 20 heavy (non-hydrogen) atoms. The zero-order valence-corrected chi connectivity index (χ0v) is 12.2. The fourth-order valence-corrected chi connectivity index (χ4v) is 2.41. The van der Waals surface area contributed by atoms with Crippen LogP contribution in [0.4, 0.5) is 0 Å². The number of aryl methyl sites for hydroxylation is 1. The van der Waals surface area contributed by atoms with Crippen LogP contribution in [-0.2, 0) is 12.4 Å². The van der Waals surface area contributed by atoms with Crippen LogP contribution in [0.3, 0.4) is 0 Å². The van der Waals surface area contributed by atoms with Gasteiger partial charge < -0.3 is 4.57 Å². The molecule has 0 aliphatic heterocycles. The third-order valence-electron chi connectivity index (χ3n) is 2.90. The van der Waals surface area contributed by atoms with Crippen molar-refractivity contribution in [2.45, 2.75) is 19.3 Å².